The number of carbonyl (C=O) groups is 1. The van der Waals surface area contributed by atoms with Crippen LogP contribution in [0, 0.1) is 5.13 Å². The van der Waals surface area contributed by atoms with Crippen molar-refractivity contribution in [1.29, 1.82) is 0 Å². The minimum atomic E-state index is -3.38. The highest BCUT2D eigenvalue weighted by atomic mass is 32.2. The van der Waals surface area contributed by atoms with Crippen LogP contribution in [0.15, 0.2) is 52.8 Å². The molecular formula is C21H21FN6O4S2. The van der Waals surface area contributed by atoms with E-state index < -0.39 is 20.9 Å². The van der Waals surface area contributed by atoms with E-state index in [2.05, 4.69) is 25.4 Å². The van der Waals surface area contributed by atoms with Crippen LogP contribution in [0.1, 0.15) is 24.2 Å². The summed E-state index contributed by atoms with van der Waals surface area (Å²) in [5.74, 6) is 0.325. The molecule has 4 rings (SSSR count). The van der Waals surface area contributed by atoms with E-state index in [-0.39, 0.29) is 27.6 Å². The fourth-order valence-corrected chi connectivity index (χ4v) is 5.12. The lowest BCUT2D eigenvalue weighted by atomic mass is 10.1. The highest BCUT2D eigenvalue weighted by molar-refractivity contribution is 7.92. The number of nitrogens with zero attached hydrogens (tertiary/aromatic N) is 5. The molecule has 1 saturated carbocycles. The summed E-state index contributed by atoms with van der Waals surface area (Å²) in [6.45, 7) is -0.113. The predicted molar refractivity (Wildman–Crippen MR) is 125 cm³/mol. The topological polar surface area (TPSA) is 127 Å². The summed E-state index contributed by atoms with van der Waals surface area (Å²) in [6, 6.07) is 7.54. The van der Waals surface area contributed by atoms with Gasteiger partial charge in [-0.2, -0.15) is 4.39 Å². The number of thiazole rings is 1. The molecular weight excluding hydrogens is 483 g/mol. The van der Waals surface area contributed by atoms with Gasteiger partial charge in [0, 0.05) is 25.9 Å². The normalized spacial score (nSPS) is 14.0. The second-order valence-corrected chi connectivity index (χ2v) is 10.8. The van der Waals surface area contributed by atoms with E-state index in [1.165, 1.54) is 24.3 Å². The largest absolute Gasteiger partial charge is 0.387 e. The molecule has 2 aromatic heterocycles. The first-order chi connectivity index (χ1) is 16.2. The van der Waals surface area contributed by atoms with E-state index >= 15 is 0 Å². The number of benzene rings is 1. The van der Waals surface area contributed by atoms with Gasteiger partial charge < -0.3 is 9.74 Å². The number of anilines is 2. The minimum absolute atomic E-state index is 0.0464. The third-order valence-electron chi connectivity index (χ3n) is 4.83. The maximum atomic E-state index is 13.3. The molecule has 1 fully saturated rings. The molecule has 0 atom stereocenters. The summed E-state index contributed by atoms with van der Waals surface area (Å²) >= 11 is 0.660. The molecule has 0 spiro atoms. The van der Waals surface area contributed by atoms with Crippen molar-refractivity contribution < 1.29 is 22.4 Å². The van der Waals surface area contributed by atoms with Gasteiger partial charge in [0.2, 0.25) is 0 Å². The summed E-state index contributed by atoms with van der Waals surface area (Å²) < 4.78 is 38.2. The van der Waals surface area contributed by atoms with Crippen molar-refractivity contribution in [2.45, 2.75) is 29.6 Å². The fraction of sp³-hybridized carbons (Fsp3) is 0.286. The molecule has 0 aliphatic heterocycles. The van der Waals surface area contributed by atoms with Crippen molar-refractivity contribution in [1.82, 2.24) is 15.0 Å². The van der Waals surface area contributed by atoms with Gasteiger partial charge in [-0.15, -0.1) is 0 Å². The molecule has 34 heavy (non-hydrogen) atoms. The van der Waals surface area contributed by atoms with Crippen LogP contribution in [0.25, 0.3) is 0 Å². The van der Waals surface area contributed by atoms with Crippen LogP contribution in [0.4, 0.5) is 15.3 Å². The Bertz CT molecular complexity index is 1320. The van der Waals surface area contributed by atoms with Crippen molar-refractivity contribution >= 4 is 43.7 Å². The lowest BCUT2D eigenvalue weighted by molar-refractivity contribution is -0.110. The minimum Gasteiger partial charge on any atom is -0.387 e. The lowest BCUT2D eigenvalue weighted by Crippen LogP contribution is -2.24. The molecule has 178 valence electrons. The van der Waals surface area contributed by atoms with Crippen LogP contribution in [0.2, 0.25) is 0 Å². The Labute approximate surface area is 199 Å². The van der Waals surface area contributed by atoms with Crippen molar-refractivity contribution in [3.05, 3.63) is 59.2 Å². The van der Waals surface area contributed by atoms with Gasteiger partial charge in [0.1, 0.15) is 5.82 Å². The first-order valence-corrected chi connectivity index (χ1v) is 12.6. The van der Waals surface area contributed by atoms with E-state index in [9.17, 15) is 17.6 Å². The summed E-state index contributed by atoms with van der Waals surface area (Å²) in [7, 11) is 0.290. The van der Waals surface area contributed by atoms with E-state index in [0.29, 0.717) is 41.4 Å². The Morgan fingerprint density at radius 1 is 1.24 bits per heavy atom. The van der Waals surface area contributed by atoms with Crippen molar-refractivity contribution in [2.75, 3.05) is 24.3 Å². The van der Waals surface area contributed by atoms with Crippen LogP contribution < -0.4 is 10.2 Å². The van der Waals surface area contributed by atoms with Crippen LogP contribution >= 0.6 is 11.3 Å². The second kappa shape index (κ2) is 9.81. The second-order valence-electron chi connectivity index (χ2n) is 7.63. The van der Waals surface area contributed by atoms with Crippen LogP contribution in [0.5, 0.6) is 0 Å². The van der Waals surface area contributed by atoms with Crippen LogP contribution in [-0.2, 0) is 26.1 Å². The number of aromatic nitrogens is 3. The predicted octanol–water partition coefficient (Wildman–Crippen LogP) is 2.63. The standard InChI is InChI=1S/C21H21FN6O4S2/c1-28(2)18-9-10-23-17(25-18)12-32-27-19(20(29)26-21-24-11-16(22)33-21)13-3-5-14(6-4-13)34(30,31)15-7-8-15/h3-6,9-11,15H,7-8,12H2,1-2H3,(H,24,26,29). The molecule has 3 aromatic rings. The molecule has 10 nitrogen and oxygen atoms in total. The zero-order valence-electron chi connectivity index (χ0n) is 18.3. The maximum absolute atomic E-state index is 13.3. The summed E-state index contributed by atoms with van der Waals surface area (Å²) in [5, 5.41) is 5.56. The molecule has 0 radical (unpaired) electrons. The quantitative estimate of drug-likeness (QED) is 0.348. The Balaban J connectivity index is 1.57. The number of hydrogen-bond acceptors (Lipinski definition) is 10. The summed E-state index contributed by atoms with van der Waals surface area (Å²) in [5.41, 5.74) is 0.168. The average Bonchev–Trinajstić information content (AvgIpc) is 3.60. The van der Waals surface area contributed by atoms with Crippen LogP contribution in [0.3, 0.4) is 0 Å². The summed E-state index contributed by atoms with van der Waals surface area (Å²) in [6.07, 6.45) is 3.86. The van der Waals surface area contributed by atoms with Crippen molar-refractivity contribution in [2.24, 2.45) is 5.16 Å². The highest BCUT2D eigenvalue weighted by Crippen LogP contribution is 2.33. The molecule has 13 heteroatoms. The van der Waals surface area contributed by atoms with E-state index in [4.69, 9.17) is 4.84 Å². The number of carbonyl (C=O) groups excluding carboxylic acids is 1. The van der Waals surface area contributed by atoms with Crippen LogP contribution in [-0.4, -0.2) is 54.3 Å². The first kappa shape index (κ1) is 23.7. The average molecular weight is 505 g/mol. The molecule has 1 aromatic carbocycles. The molecule has 2 heterocycles. The maximum Gasteiger partial charge on any atom is 0.280 e. The smallest absolute Gasteiger partial charge is 0.280 e. The van der Waals surface area contributed by atoms with E-state index in [1.54, 1.807) is 17.2 Å². The number of oxime groups is 1. The molecule has 1 aliphatic carbocycles. The van der Waals surface area contributed by atoms with E-state index in [0.717, 1.165) is 6.20 Å². The van der Waals surface area contributed by atoms with Gasteiger partial charge in [-0.05, 0) is 31.0 Å². The van der Waals surface area contributed by atoms with Gasteiger partial charge in [0.15, 0.2) is 38.2 Å². The fourth-order valence-electron chi connectivity index (χ4n) is 2.93. The first-order valence-electron chi connectivity index (χ1n) is 10.2. The number of nitrogens with one attached hydrogen (secondary N) is 1. The zero-order valence-corrected chi connectivity index (χ0v) is 19.9. The molecule has 1 N–H and O–H groups in total. The number of sulfone groups is 1. The van der Waals surface area contributed by atoms with Crippen molar-refractivity contribution in [3.8, 4) is 0 Å². The summed E-state index contributed by atoms with van der Waals surface area (Å²) in [4.78, 5) is 32.4. The number of hydrogen-bond donors (Lipinski definition) is 1. The number of rotatable bonds is 9. The van der Waals surface area contributed by atoms with Crippen molar-refractivity contribution in [3.63, 3.8) is 0 Å². The third kappa shape index (κ3) is 5.54. The van der Waals surface area contributed by atoms with Gasteiger partial charge >= 0.3 is 0 Å². The number of amides is 1. The Kier molecular flexibility index (Phi) is 6.84. The molecule has 1 aliphatic rings. The Morgan fingerprint density at radius 2 is 1.97 bits per heavy atom. The molecule has 0 saturated heterocycles. The zero-order chi connectivity index (χ0) is 24.3. The third-order valence-corrected chi connectivity index (χ3v) is 7.81. The lowest BCUT2D eigenvalue weighted by Gasteiger charge is -2.11. The SMILES string of the molecule is CN(C)c1ccnc(CON=C(C(=O)Nc2ncc(F)s2)c2ccc(S(=O)(=O)C3CC3)cc2)n1. The van der Waals surface area contributed by atoms with Gasteiger partial charge in [-0.3, -0.25) is 10.1 Å². The van der Waals surface area contributed by atoms with Gasteiger partial charge in [0.25, 0.3) is 5.91 Å². The molecule has 0 bridgehead atoms. The Morgan fingerprint density at radius 3 is 2.59 bits per heavy atom. The molecule has 0 unspecified atom stereocenters. The van der Waals surface area contributed by atoms with Gasteiger partial charge in [-0.1, -0.05) is 28.6 Å². The Hall–Kier alpha value is -3.45. The van der Waals surface area contributed by atoms with Gasteiger partial charge in [0.05, 0.1) is 16.3 Å². The molecule has 1 amide bonds. The monoisotopic (exact) mass is 504 g/mol. The van der Waals surface area contributed by atoms with E-state index in [1.807, 2.05) is 14.1 Å². The number of halogens is 1. The highest BCUT2D eigenvalue weighted by Gasteiger charge is 2.36. The van der Waals surface area contributed by atoms with Gasteiger partial charge in [-0.25, -0.2) is 23.4 Å².